The summed E-state index contributed by atoms with van der Waals surface area (Å²) in [7, 11) is -3.99. The number of rotatable bonds is 12. The number of aromatic nitrogens is 3. The Morgan fingerprint density at radius 2 is 1.88 bits per heavy atom. The summed E-state index contributed by atoms with van der Waals surface area (Å²) in [5, 5.41) is 8.64. The largest absolute Gasteiger partial charge is 0.449 e. The second kappa shape index (κ2) is 11.4. The summed E-state index contributed by atoms with van der Waals surface area (Å²) in [4.78, 5) is 12.0. The molecule has 3 rings (SSSR count). The van der Waals surface area contributed by atoms with Crippen molar-refractivity contribution in [2.24, 2.45) is 17.8 Å². The molecule has 0 bridgehead atoms. The second-order valence-electron chi connectivity index (χ2n) is 8.50. The minimum absolute atomic E-state index is 0.0455. The van der Waals surface area contributed by atoms with Crippen molar-refractivity contribution in [2.45, 2.75) is 52.5 Å². The third-order valence-electron chi connectivity index (χ3n) is 6.04. The molecule has 32 heavy (non-hydrogen) atoms. The van der Waals surface area contributed by atoms with Crippen LogP contribution in [0.2, 0.25) is 0 Å². The molecule has 0 saturated heterocycles. The molecule has 182 valence electrons. The van der Waals surface area contributed by atoms with Gasteiger partial charge in [0.2, 0.25) is 0 Å². The molecule has 1 aromatic rings. The fourth-order valence-corrected chi connectivity index (χ4v) is 5.11. The molecule has 1 fully saturated rings. The molecule has 2 N–H and O–H groups in total. The predicted octanol–water partition coefficient (Wildman–Crippen LogP) is 1.21. The zero-order valence-electron chi connectivity index (χ0n) is 19.1. The van der Waals surface area contributed by atoms with Crippen molar-refractivity contribution in [2.75, 3.05) is 39.6 Å². The average Bonchev–Trinajstić information content (AvgIpc) is 3.20. The third kappa shape index (κ3) is 6.87. The van der Waals surface area contributed by atoms with Crippen LogP contribution in [0.25, 0.3) is 0 Å². The highest BCUT2D eigenvalue weighted by atomic mass is 32.2. The number of hydrogen-bond acceptors (Lipinski definition) is 8. The number of hydrogen-bond donors (Lipinski definition) is 2. The van der Waals surface area contributed by atoms with E-state index in [1.807, 2.05) is 16.3 Å². The van der Waals surface area contributed by atoms with Crippen LogP contribution in [-0.2, 0) is 37.3 Å². The lowest BCUT2D eigenvalue weighted by atomic mass is 10.0. The quantitative estimate of drug-likeness (QED) is 0.433. The SMILES string of the molecule is CCOCCOCCNS(=O)(=O)NC(=O)OC[C@@H]1[C@@H]2CCc3c(nnn3C(C)C)CC[C@@H]21. The van der Waals surface area contributed by atoms with Crippen LogP contribution in [0.5, 0.6) is 0 Å². The summed E-state index contributed by atoms with van der Waals surface area (Å²) in [6.07, 6.45) is 2.80. The molecule has 0 unspecified atom stereocenters. The number of ether oxygens (including phenoxy) is 3. The average molecular weight is 474 g/mol. The van der Waals surface area contributed by atoms with E-state index >= 15 is 0 Å². The van der Waals surface area contributed by atoms with Crippen molar-refractivity contribution < 1.29 is 27.4 Å². The summed E-state index contributed by atoms with van der Waals surface area (Å²) in [5.74, 6) is 1.22. The molecule has 3 atom stereocenters. The maximum atomic E-state index is 12.0. The molecular weight excluding hydrogens is 438 g/mol. The van der Waals surface area contributed by atoms with Gasteiger partial charge in [-0.15, -0.1) is 5.10 Å². The van der Waals surface area contributed by atoms with Gasteiger partial charge in [0, 0.05) is 19.2 Å². The normalized spacial score (nSPS) is 22.6. The molecular formula is C20H35N5O6S. The molecule has 0 spiro atoms. The van der Waals surface area contributed by atoms with E-state index in [-0.39, 0.29) is 31.7 Å². The van der Waals surface area contributed by atoms with Crippen LogP contribution in [0.4, 0.5) is 4.79 Å². The van der Waals surface area contributed by atoms with Crippen molar-refractivity contribution in [3.63, 3.8) is 0 Å². The Kier molecular flexibility index (Phi) is 8.86. The molecule has 0 aromatic carbocycles. The van der Waals surface area contributed by atoms with Gasteiger partial charge in [-0.3, -0.25) is 0 Å². The molecule has 1 amide bonds. The van der Waals surface area contributed by atoms with Crippen LogP contribution in [0.1, 0.15) is 51.0 Å². The Hall–Kier alpha value is -1.76. The van der Waals surface area contributed by atoms with E-state index in [1.165, 1.54) is 5.69 Å². The van der Waals surface area contributed by atoms with Crippen LogP contribution in [0.3, 0.4) is 0 Å². The van der Waals surface area contributed by atoms with Gasteiger partial charge in [0.1, 0.15) is 0 Å². The second-order valence-corrected chi connectivity index (χ2v) is 10.00. The lowest BCUT2D eigenvalue weighted by molar-refractivity contribution is 0.0552. The first-order valence-corrected chi connectivity index (χ1v) is 12.8. The highest BCUT2D eigenvalue weighted by molar-refractivity contribution is 7.88. The highest BCUT2D eigenvalue weighted by Crippen LogP contribution is 2.53. The summed E-state index contributed by atoms with van der Waals surface area (Å²) >= 11 is 0. The van der Waals surface area contributed by atoms with Crippen LogP contribution >= 0.6 is 0 Å². The highest BCUT2D eigenvalue weighted by Gasteiger charge is 2.50. The monoisotopic (exact) mass is 473 g/mol. The van der Waals surface area contributed by atoms with E-state index in [2.05, 4.69) is 28.9 Å². The molecule has 0 radical (unpaired) electrons. The molecule has 2 aliphatic carbocycles. The minimum Gasteiger partial charge on any atom is -0.449 e. The Bertz CT molecular complexity index is 859. The Morgan fingerprint density at radius 1 is 1.16 bits per heavy atom. The summed E-state index contributed by atoms with van der Waals surface area (Å²) in [6.45, 7) is 7.96. The fraction of sp³-hybridized carbons (Fsp3) is 0.850. The molecule has 1 aromatic heterocycles. The fourth-order valence-electron chi connectivity index (χ4n) is 4.41. The molecule has 0 aliphatic heterocycles. The third-order valence-corrected chi connectivity index (χ3v) is 7.06. The number of nitrogens with zero attached hydrogens (tertiary/aromatic N) is 3. The van der Waals surface area contributed by atoms with E-state index in [1.54, 1.807) is 0 Å². The van der Waals surface area contributed by atoms with Gasteiger partial charge in [-0.2, -0.15) is 13.1 Å². The first-order chi connectivity index (χ1) is 15.3. The van der Waals surface area contributed by atoms with Gasteiger partial charge in [0.15, 0.2) is 0 Å². The van der Waals surface area contributed by atoms with Crippen LogP contribution in [-0.4, -0.2) is 69.1 Å². The van der Waals surface area contributed by atoms with Crippen molar-refractivity contribution in [3.05, 3.63) is 11.4 Å². The van der Waals surface area contributed by atoms with Crippen LogP contribution < -0.4 is 9.44 Å². The van der Waals surface area contributed by atoms with E-state index in [9.17, 15) is 13.2 Å². The van der Waals surface area contributed by atoms with E-state index in [4.69, 9.17) is 14.2 Å². The summed E-state index contributed by atoms with van der Waals surface area (Å²) < 4.78 is 45.6. The zero-order valence-corrected chi connectivity index (χ0v) is 19.9. The number of fused-ring (bicyclic) bond motifs is 2. The minimum atomic E-state index is -3.99. The molecule has 1 heterocycles. The van der Waals surface area contributed by atoms with Gasteiger partial charge in [-0.1, -0.05) is 5.21 Å². The van der Waals surface area contributed by atoms with Gasteiger partial charge < -0.3 is 14.2 Å². The standard InChI is InChI=1S/C20H35N5O6S/c1-4-29-11-12-30-10-9-21-32(27,28)23-20(26)31-13-17-15-5-7-18-19(8-6-16(15)17)25(14(2)3)24-22-18/h14-17,21H,4-13H2,1-3H3,(H,23,26)/t15-,16+,17-/m0/s1. The topological polar surface area (TPSA) is 134 Å². The summed E-state index contributed by atoms with van der Waals surface area (Å²) in [5.41, 5.74) is 2.28. The number of carbonyl (C=O) groups is 1. The van der Waals surface area contributed by atoms with E-state index in [0.29, 0.717) is 31.7 Å². The molecule has 11 nitrogen and oxygen atoms in total. The van der Waals surface area contributed by atoms with E-state index < -0.39 is 16.3 Å². The summed E-state index contributed by atoms with van der Waals surface area (Å²) in [6, 6.07) is 0.278. The van der Waals surface area contributed by atoms with Crippen LogP contribution in [0.15, 0.2) is 0 Å². The number of amides is 1. The van der Waals surface area contributed by atoms with Gasteiger partial charge >= 0.3 is 16.3 Å². The maximum absolute atomic E-state index is 12.0. The number of carbonyl (C=O) groups excluding carboxylic acids is 1. The Morgan fingerprint density at radius 3 is 2.59 bits per heavy atom. The van der Waals surface area contributed by atoms with Crippen molar-refractivity contribution in [1.29, 1.82) is 0 Å². The van der Waals surface area contributed by atoms with Gasteiger partial charge in [0.05, 0.1) is 37.8 Å². The first kappa shape index (κ1) is 24.9. The van der Waals surface area contributed by atoms with Gasteiger partial charge in [-0.05, 0) is 64.2 Å². The van der Waals surface area contributed by atoms with Gasteiger partial charge in [-0.25, -0.2) is 14.2 Å². The lowest BCUT2D eigenvalue weighted by Crippen LogP contribution is -2.42. The zero-order chi connectivity index (χ0) is 23.1. The van der Waals surface area contributed by atoms with E-state index in [0.717, 1.165) is 31.4 Å². The van der Waals surface area contributed by atoms with Crippen LogP contribution in [0, 0.1) is 17.8 Å². The molecule has 2 aliphatic rings. The number of nitrogens with one attached hydrogen (secondary N) is 2. The van der Waals surface area contributed by atoms with Crippen molar-refractivity contribution >= 4 is 16.3 Å². The number of aryl methyl sites for hydroxylation is 1. The Balaban J connectivity index is 1.35. The van der Waals surface area contributed by atoms with Crippen molar-refractivity contribution in [3.8, 4) is 0 Å². The maximum Gasteiger partial charge on any atom is 0.421 e. The Labute approximate surface area is 189 Å². The van der Waals surface area contributed by atoms with Crippen molar-refractivity contribution in [1.82, 2.24) is 24.4 Å². The first-order valence-electron chi connectivity index (χ1n) is 11.3. The van der Waals surface area contributed by atoms with Gasteiger partial charge in [0.25, 0.3) is 0 Å². The predicted molar refractivity (Wildman–Crippen MR) is 116 cm³/mol. The molecule has 1 saturated carbocycles. The smallest absolute Gasteiger partial charge is 0.421 e. The lowest BCUT2D eigenvalue weighted by Gasteiger charge is -2.12. The molecule has 12 heteroatoms.